The number of piperidine rings is 1. The number of anilines is 2. The summed E-state index contributed by atoms with van der Waals surface area (Å²) in [6.07, 6.45) is 8.06. The fourth-order valence-corrected chi connectivity index (χ4v) is 9.38. The SMILES string of the molecule is Cn1cc(-c2ccnc(-n3ccc4cc(C5CC5)cc(F)c4c3=O)c2CO)cc(Nc2cc3n(n2)CCN(C(=O)CCOCCCc2ccc4c(c2)C(=O)N(C2CCC(=O)NC2=O)C4=O)C3)c1=O. The molecule has 0 spiro atoms. The van der Waals surface area contributed by atoms with Crippen molar-refractivity contribution in [2.24, 2.45) is 7.05 Å². The summed E-state index contributed by atoms with van der Waals surface area (Å²) in [5.41, 5.74) is 3.49. The Morgan fingerprint density at radius 2 is 1.75 bits per heavy atom. The topological polar surface area (TPSA) is 220 Å². The molecule has 348 valence electrons. The summed E-state index contributed by atoms with van der Waals surface area (Å²) in [6.45, 7) is 1.21. The summed E-state index contributed by atoms with van der Waals surface area (Å²) in [5.74, 6) is -2.06. The third-order valence-corrected chi connectivity index (χ3v) is 13.1. The monoisotopic (exact) mass is 923 g/mol. The number of rotatable bonds is 14. The number of hydrogen-bond donors (Lipinski definition) is 3. The first-order chi connectivity index (χ1) is 32.9. The highest BCUT2D eigenvalue weighted by molar-refractivity contribution is 6.23. The third kappa shape index (κ3) is 8.27. The Kier molecular flexibility index (Phi) is 11.6. The van der Waals surface area contributed by atoms with E-state index in [1.165, 1.54) is 27.6 Å². The predicted octanol–water partition coefficient (Wildman–Crippen LogP) is 3.98. The van der Waals surface area contributed by atoms with Crippen molar-refractivity contribution in [1.82, 2.24) is 39.0 Å². The number of ether oxygens (including phenoxy) is 1. The number of hydrogen-bond acceptors (Lipinski definition) is 12. The van der Waals surface area contributed by atoms with Crippen LogP contribution in [-0.2, 0) is 52.3 Å². The van der Waals surface area contributed by atoms with Crippen LogP contribution < -0.4 is 21.8 Å². The molecule has 0 bridgehead atoms. The molecule has 18 nitrogen and oxygen atoms in total. The van der Waals surface area contributed by atoms with E-state index in [4.69, 9.17) is 4.74 Å². The Hall–Kier alpha value is -7.64. The van der Waals surface area contributed by atoms with Crippen LogP contribution >= 0.6 is 0 Å². The van der Waals surface area contributed by atoms with Crippen LogP contribution in [0, 0.1) is 5.82 Å². The maximum atomic E-state index is 15.4. The quantitative estimate of drug-likeness (QED) is 0.104. The van der Waals surface area contributed by atoms with Crippen LogP contribution in [0.4, 0.5) is 15.9 Å². The van der Waals surface area contributed by atoms with E-state index < -0.39 is 47.7 Å². The molecule has 10 rings (SSSR count). The van der Waals surface area contributed by atoms with Gasteiger partial charge in [0, 0.05) is 62.4 Å². The molecule has 1 atom stereocenters. The van der Waals surface area contributed by atoms with E-state index in [0.717, 1.165) is 34.6 Å². The van der Waals surface area contributed by atoms with Crippen LogP contribution in [0.25, 0.3) is 27.7 Å². The average Bonchev–Trinajstić information content (AvgIpc) is 4.06. The summed E-state index contributed by atoms with van der Waals surface area (Å²) < 4.78 is 25.6. The Morgan fingerprint density at radius 3 is 2.54 bits per heavy atom. The molecule has 2 aromatic carbocycles. The number of aliphatic hydroxyl groups is 1. The lowest BCUT2D eigenvalue weighted by Crippen LogP contribution is -2.54. The van der Waals surface area contributed by atoms with Gasteiger partial charge in [0.15, 0.2) is 5.82 Å². The van der Waals surface area contributed by atoms with Gasteiger partial charge in [-0.05, 0) is 96.5 Å². The molecular formula is C49H46FN9O9. The summed E-state index contributed by atoms with van der Waals surface area (Å²) in [5, 5.41) is 21.1. The smallest absolute Gasteiger partial charge is 0.274 e. The zero-order valence-corrected chi connectivity index (χ0v) is 37.0. The number of carbonyl (C=O) groups excluding carboxylic acids is 5. The molecule has 19 heteroatoms. The minimum Gasteiger partial charge on any atom is -0.392 e. The highest BCUT2D eigenvalue weighted by atomic mass is 19.1. The molecule has 7 heterocycles. The van der Waals surface area contributed by atoms with E-state index in [9.17, 15) is 38.7 Å². The number of aliphatic hydroxyl groups excluding tert-OH is 1. The molecule has 0 radical (unpaired) electrons. The number of benzene rings is 2. The third-order valence-electron chi connectivity index (χ3n) is 13.1. The first-order valence-corrected chi connectivity index (χ1v) is 22.6. The fourth-order valence-electron chi connectivity index (χ4n) is 9.38. The second kappa shape index (κ2) is 17.9. The van der Waals surface area contributed by atoms with E-state index in [1.54, 1.807) is 65.3 Å². The van der Waals surface area contributed by atoms with Gasteiger partial charge in [-0.15, -0.1) is 0 Å². The van der Waals surface area contributed by atoms with Crippen molar-refractivity contribution in [1.29, 1.82) is 0 Å². The van der Waals surface area contributed by atoms with Crippen LogP contribution in [0.3, 0.4) is 0 Å². The number of nitrogens with one attached hydrogen (secondary N) is 2. The lowest BCUT2D eigenvalue weighted by atomic mass is 10.0. The Labute approximate surface area is 386 Å². The second-order valence-electron chi connectivity index (χ2n) is 17.6. The summed E-state index contributed by atoms with van der Waals surface area (Å²) >= 11 is 0. The highest BCUT2D eigenvalue weighted by Gasteiger charge is 2.44. The van der Waals surface area contributed by atoms with E-state index in [0.29, 0.717) is 72.9 Å². The lowest BCUT2D eigenvalue weighted by molar-refractivity contribution is -0.136. The van der Waals surface area contributed by atoms with E-state index >= 15 is 4.39 Å². The molecule has 1 unspecified atom stereocenters. The molecule has 4 aromatic heterocycles. The highest BCUT2D eigenvalue weighted by Crippen LogP contribution is 2.41. The Balaban J connectivity index is 0.748. The molecule has 3 N–H and O–H groups in total. The summed E-state index contributed by atoms with van der Waals surface area (Å²) in [4.78, 5) is 97.7. The van der Waals surface area contributed by atoms with Crippen molar-refractivity contribution in [3.05, 3.63) is 133 Å². The maximum Gasteiger partial charge on any atom is 0.274 e. The zero-order chi connectivity index (χ0) is 47.4. The molecule has 1 saturated heterocycles. The van der Waals surface area contributed by atoms with Gasteiger partial charge in [-0.3, -0.25) is 53.0 Å². The van der Waals surface area contributed by atoms with Crippen molar-refractivity contribution < 1.29 is 38.2 Å². The van der Waals surface area contributed by atoms with Crippen molar-refractivity contribution in [3.8, 4) is 16.9 Å². The number of nitrogens with zero attached hydrogens (tertiary/aromatic N) is 7. The minimum absolute atomic E-state index is 0.0465. The van der Waals surface area contributed by atoms with Gasteiger partial charge in [0.05, 0.1) is 54.9 Å². The van der Waals surface area contributed by atoms with Crippen LogP contribution in [0.2, 0.25) is 0 Å². The average molecular weight is 924 g/mol. The number of carbonyl (C=O) groups is 5. The van der Waals surface area contributed by atoms with Crippen LogP contribution in [0.1, 0.15) is 87.5 Å². The first kappa shape index (κ1) is 44.2. The van der Waals surface area contributed by atoms with Crippen molar-refractivity contribution >= 4 is 51.8 Å². The number of fused-ring (bicyclic) bond motifs is 3. The van der Waals surface area contributed by atoms with Gasteiger partial charge in [-0.25, -0.2) is 9.37 Å². The largest absolute Gasteiger partial charge is 0.392 e. The molecule has 5 amide bonds. The normalized spacial score (nSPS) is 16.9. The van der Waals surface area contributed by atoms with Gasteiger partial charge in [0.1, 0.15) is 23.4 Å². The number of pyridine rings is 3. The Bertz CT molecular complexity index is 3230. The van der Waals surface area contributed by atoms with Gasteiger partial charge >= 0.3 is 0 Å². The van der Waals surface area contributed by atoms with Crippen molar-refractivity contribution in [2.45, 2.75) is 76.6 Å². The molecule has 3 aliphatic heterocycles. The Morgan fingerprint density at radius 1 is 0.926 bits per heavy atom. The molecule has 1 saturated carbocycles. The zero-order valence-electron chi connectivity index (χ0n) is 37.0. The first-order valence-electron chi connectivity index (χ1n) is 22.6. The number of aromatic nitrogens is 5. The van der Waals surface area contributed by atoms with Gasteiger partial charge < -0.3 is 24.6 Å². The van der Waals surface area contributed by atoms with Crippen molar-refractivity contribution in [3.63, 3.8) is 0 Å². The van der Waals surface area contributed by atoms with Crippen LogP contribution in [-0.4, -0.2) is 94.1 Å². The molecule has 2 fully saturated rings. The fraction of sp³-hybridized carbons (Fsp3) is 0.327. The molecule has 68 heavy (non-hydrogen) atoms. The molecule has 1 aliphatic carbocycles. The van der Waals surface area contributed by atoms with E-state index in [1.807, 2.05) is 6.07 Å². The molecule has 6 aromatic rings. The van der Waals surface area contributed by atoms with Gasteiger partial charge in [-0.2, -0.15) is 5.10 Å². The van der Waals surface area contributed by atoms with Crippen molar-refractivity contribution in [2.75, 3.05) is 25.1 Å². The number of imide groups is 2. The molecule has 4 aliphatic rings. The van der Waals surface area contributed by atoms with E-state index in [2.05, 4.69) is 20.7 Å². The molecular weight excluding hydrogens is 878 g/mol. The van der Waals surface area contributed by atoms with Gasteiger partial charge in [-0.1, -0.05) is 12.1 Å². The number of aryl methyl sites for hydroxylation is 2. The maximum absolute atomic E-state index is 15.4. The lowest BCUT2D eigenvalue weighted by Gasteiger charge is -2.27. The predicted molar refractivity (Wildman–Crippen MR) is 244 cm³/mol. The number of halogens is 1. The summed E-state index contributed by atoms with van der Waals surface area (Å²) in [6, 6.07) is 14.0. The van der Waals surface area contributed by atoms with Gasteiger partial charge in [0.25, 0.3) is 22.9 Å². The summed E-state index contributed by atoms with van der Waals surface area (Å²) in [7, 11) is 1.60. The van der Waals surface area contributed by atoms with Crippen LogP contribution in [0.5, 0.6) is 0 Å². The second-order valence-corrected chi connectivity index (χ2v) is 17.6. The van der Waals surface area contributed by atoms with Crippen LogP contribution in [0.15, 0.2) is 82.8 Å². The number of amides is 5. The minimum atomic E-state index is -1.03. The van der Waals surface area contributed by atoms with Gasteiger partial charge in [0.2, 0.25) is 17.7 Å². The van der Waals surface area contributed by atoms with E-state index in [-0.39, 0.29) is 65.4 Å². The standard InChI is InChI=1S/C49H46FN9O9/c1-55-24-31(33-10-13-51-44(36(33)26-60)57-14-11-29-20-30(28-5-6-28)21-37(50)43(29)49(57)67)22-38(48(55)66)52-40-23-32-25-56(15-16-58(32)54-40)42(62)12-18-68-17-2-3-27-4-7-34-35(19-27)47(65)59(46(34)64)39-8-9-41(61)53-45(39)63/h4,7,10-11,13-14,19-24,28,39,60H,2-3,5-6,8-9,12,15-18,25-26H2,1H3,(H,52,54)(H,53,61,63).